The summed E-state index contributed by atoms with van der Waals surface area (Å²) in [7, 11) is 0. The van der Waals surface area contributed by atoms with Gasteiger partial charge in [-0.25, -0.2) is 4.79 Å². The number of aliphatic carboxylic acids is 1. The monoisotopic (exact) mass is 248 g/mol. The van der Waals surface area contributed by atoms with Crippen LogP contribution in [0.5, 0.6) is 0 Å². The highest BCUT2D eigenvalue weighted by Crippen LogP contribution is 2.20. The highest BCUT2D eigenvalue weighted by molar-refractivity contribution is 5.76. The van der Waals surface area contributed by atoms with Gasteiger partial charge in [-0.1, -0.05) is 30.3 Å². The number of nitrogens with zero attached hydrogens (tertiary/aromatic N) is 1. The minimum absolute atomic E-state index is 0.0105. The summed E-state index contributed by atoms with van der Waals surface area (Å²) >= 11 is 0. The zero-order valence-corrected chi connectivity index (χ0v) is 10.0. The number of carbonyl (C=O) groups is 2. The van der Waals surface area contributed by atoms with E-state index in [0.29, 0.717) is 6.54 Å². The molecular weight excluding hydrogens is 232 g/mol. The molecule has 0 aliphatic carbocycles. The molecule has 1 unspecified atom stereocenters. The van der Waals surface area contributed by atoms with Crippen molar-refractivity contribution in [1.82, 2.24) is 10.2 Å². The molecule has 1 aliphatic rings. The number of benzene rings is 1. The molecule has 1 aromatic carbocycles. The van der Waals surface area contributed by atoms with Gasteiger partial charge >= 0.3 is 12.0 Å². The van der Waals surface area contributed by atoms with Crippen LogP contribution in [0, 0.1) is 0 Å². The topological polar surface area (TPSA) is 69.6 Å². The van der Waals surface area contributed by atoms with E-state index < -0.39 is 5.97 Å². The molecule has 1 heterocycles. The van der Waals surface area contributed by atoms with Gasteiger partial charge in [0.2, 0.25) is 0 Å². The Hall–Kier alpha value is -2.04. The number of hydrogen-bond donors (Lipinski definition) is 2. The van der Waals surface area contributed by atoms with Crippen molar-refractivity contribution in [2.45, 2.75) is 18.9 Å². The SMILES string of the molecule is O=C(O)CCN1CCC(c2ccccc2)NC1=O. The van der Waals surface area contributed by atoms with Gasteiger partial charge in [0.05, 0.1) is 12.5 Å². The molecule has 5 heteroatoms. The number of carboxylic acid groups (broad SMARTS) is 1. The van der Waals surface area contributed by atoms with Gasteiger partial charge in [0, 0.05) is 13.1 Å². The fourth-order valence-electron chi connectivity index (χ4n) is 2.08. The predicted octanol–water partition coefficient (Wildman–Crippen LogP) is 1.62. The van der Waals surface area contributed by atoms with Gasteiger partial charge in [0.25, 0.3) is 0 Å². The van der Waals surface area contributed by atoms with E-state index >= 15 is 0 Å². The second-order valence-electron chi connectivity index (χ2n) is 4.33. The molecule has 96 valence electrons. The normalized spacial score (nSPS) is 19.4. The number of carbonyl (C=O) groups excluding carboxylic acids is 1. The lowest BCUT2D eigenvalue weighted by atomic mass is 10.0. The van der Waals surface area contributed by atoms with Crippen molar-refractivity contribution in [3.05, 3.63) is 35.9 Å². The van der Waals surface area contributed by atoms with Crippen molar-refractivity contribution in [2.75, 3.05) is 13.1 Å². The van der Waals surface area contributed by atoms with Gasteiger partial charge in [-0.3, -0.25) is 4.79 Å². The quantitative estimate of drug-likeness (QED) is 0.850. The van der Waals surface area contributed by atoms with Gasteiger partial charge in [-0.15, -0.1) is 0 Å². The largest absolute Gasteiger partial charge is 0.481 e. The lowest BCUT2D eigenvalue weighted by Gasteiger charge is -2.32. The zero-order valence-electron chi connectivity index (χ0n) is 10.0. The van der Waals surface area contributed by atoms with Crippen molar-refractivity contribution in [3.8, 4) is 0 Å². The van der Waals surface area contributed by atoms with Crippen LogP contribution in [0.2, 0.25) is 0 Å². The summed E-state index contributed by atoms with van der Waals surface area (Å²) < 4.78 is 0. The van der Waals surface area contributed by atoms with Crippen LogP contribution >= 0.6 is 0 Å². The standard InChI is InChI=1S/C13H16N2O3/c16-12(17)7-9-15-8-6-11(14-13(15)18)10-4-2-1-3-5-10/h1-5,11H,6-9H2,(H,14,18)(H,16,17). The molecule has 2 rings (SSSR count). The van der Waals surface area contributed by atoms with E-state index in [1.54, 1.807) is 4.90 Å². The summed E-state index contributed by atoms with van der Waals surface area (Å²) in [5.41, 5.74) is 1.09. The molecule has 1 aliphatic heterocycles. The first-order chi connectivity index (χ1) is 8.66. The van der Waals surface area contributed by atoms with Crippen LogP contribution in [0.15, 0.2) is 30.3 Å². The van der Waals surface area contributed by atoms with Crippen molar-refractivity contribution >= 4 is 12.0 Å². The van der Waals surface area contributed by atoms with Crippen LogP contribution in [-0.2, 0) is 4.79 Å². The average Bonchev–Trinajstić information content (AvgIpc) is 2.38. The molecule has 0 spiro atoms. The third-order valence-electron chi connectivity index (χ3n) is 3.07. The molecule has 1 aromatic rings. The van der Waals surface area contributed by atoms with E-state index in [0.717, 1.165) is 12.0 Å². The first-order valence-corrected chi connectivity index (χ1v) is 5.99. The second kappa shape index (κ2) is 5.53. The first-order valence-electron chi connectivity index (χ1n) is 5.99. The maximum atomic E-state index is 11.8. The molecule has 0 saturated carbocycles. The Morgan fingerprint density at radius 2 is 2.11 bits per heavy atom. The minimum Gasteiger partial charge on any atom is -0.481 e. The van der Waals surface area contributed by atoms with Crippen molar-refractivity contribution < 1.29 is 14.7 Å². The summed E-state index contributed by atoms with van der Waals surface area (Å²) in [6, 6.07) is 9.63. The van der Waals surface area contributed by atoms with Crippen LogP contribution < -0.4 is 5.32 Å². The summed E-state index contributed by atoms with van der Waals surface area (Å²) in [6.45, 7) is 0.862. The second-order valence-corrected chi connectivity index (χ2v) is 4.33. The van der Waals surface area contributed by atoms with Gasteiger partial charge in [0.1, 0.15) is 0 Å². The fourth-order valence-corrected chi connectivity index (χ4v) is 2.08. The Balaban J connectivity index is 1.92. The molecule has 1 atom stereocenters. The Morgan fingerprint density at radius 1 is 1.39 bits per heavy atom. The number of urea groups is 1. The number of hydrogen-bond acceptors (Lipinski definition) is 2. The summed E-state index contributed by atoms with van der Waals surface area (Å²) in [6.07, 6.45) is 0.790. The van der Waals surface area contributed by atoms with E-state index in [4.69, 9.17) is 5.11 Å². The minimum atomic E-state index is -0.881. The zero-order chi connectivity index (χ0) is 13.0. The number of amides is 2. The molecule has 0 bridgehead atoms. The van der Waals surface area contributed by atoms with Gasteiger partial charge in [-0.05, 0) is 12.0 Å². The first kappa shape index (κ1) is 12.4. The third-order valence-corrected chi connectivity index (χ3v) is 3.07. The maximum absolute atomic E-state index is 11.8. The summed E-state index contributed by atoms with van der Waals surface area (Å²) in [4.78, 5) is 23.8. The Labute approximate surface area is 105 Å². The third kappa shape index (κ3) is 3.00. The van der Waals surface area contributed by atoms with Crippen LogP contribution in [0.1, 0.15) is 24.4 Å². The summed E-state index contributed by atoms with van der Waals surface area (Å²) in [5.74, 6) is -0.881. The van der Waals surface area contributed by atoms with Crippen molar-refractivity contribution in [2.24, 2.45) is 0 Å². The molecule has 1 saturated heterocycles. The molecule has 18 heavy (non-hydrogen) atoms. The fraction of sp³-hybridized carbons (Fsp3) is 0.385. The van der Waals surface area contributed by atoms with Crippen LogP contribution in [0.3, 0.4) is 0 Å². The van der Waals surface area contributed by atoms with E-state index in [-0.39, 0.29) is 25.0 Å². The Bertz CT molecular complexity index is 433. The van der Waals surface area contributed by atoms with Gasteiger partial charge < -0.3 is 15.3 Å². The van der Waals surface area contributed by atoms with Crippen molar-refractivity contribution in [1.29, 1.82) is 0 Å². The molecule has 2 N–H and O–H groups in total. The van der Waals surface area contributed by atoms with Crippen LogP contribution in [0.4, 0.5) is 4.79 Å². The molecular formula is C13H16N2O3. The number of rotatable bonds is 4. The molecule has 5 nitrogen and oxygen atoms in total. The van der Waals surface area contributed by atoms with E-state index in [1.807, 2.05) is 30.3 Å². The molecule has 0 aromatic heterocycles. The molecule has 2 amide bonds. The number of nitrogens with one attached hydrogen (secondary N) is 1. The Morgan fingerprint density at radius 3 is 2.72 bits per heavy atom. The van der Waals surface area contributed by atoms with E-state index in [9.17, 15) is 9.59 Å². The van der Waals surface area contributed by atoms with Gasteiger partial charge in [0.15, 0.2) is 0 Å². The lowest BCUT2D eigenvalue weighted by Crippen LogP contribution is -2.48. The number of carboxylic acids is 1. The summed E-state index contributed by atoms with van der Waals surface area (Å²) in [5, 5.41) is 11.5. The van der Waals surface area contributed by atoms with Gasteiger partial charge in [-0.2, -0.15) is 0 Å². The predicted molar refractivity (Wildman–Crippen MR) is 66.2 cm³/mol. The maximum Gasteiger partial charge on any atom is 0.317 e. The van der Waals surface area contributed by atoms with E-state index in [2.05, 4.69) is 5.32 Å². The average molecular weight is 248 g/mol. The lowest BCUT2D eigenvalue weighted by molar-refractivity contribution is -0.137. The highest BCUT2D eigenvalue weighted by atomic mass is 16.4. The van der Waals surface area contributed by atoms with E-state index in [1.165, 1.54) is 0 Å². The molecule has 1 fully saturated rings. The van der Waals surface area contributed by atoms with Crippen molar-refractivity contribution in [3.63, 3.8) is 0 Å². The highest BCUT2D eigenvalue weighted by Gasteiger charge is 2.25. The Kier molecular flexibility index (Phi) is 3.82. The van der Waals surface area contributed by atoms with Crippen LogP contribution in [-0.4, -0.2) is 35.1 Å². The van der Waals surface area contributed by atoms with Crippen LogP contribution in [0.25, 0.3) is 0 Å². The smallest absolute Gasteiger partial charge is 0.317 e. The molecule has 0 radical (unpaired) electrons.